The van der Waals surface area contributed by atoms with Crippen molar-refractivity contribution in [1.29, 1.82) is 0 Å². The summed E-state index contributed by atoms with van der Waals surface area (Å²) in [6, 6.07) is 10.7. The molecular formula is C13H15N3O2. The minimum absolute atomic E-state index is 0.270. The Hall–Kier alpha value is -2.14. The molecule has 1 heterocycles. The highest BCUT2D eigenvalue weighted by molar-refractivity contribution is 5.73. The number of aromatic nitrogens is 2. The molecule has 0 saturated carbocycles. The minimum atomic E-state index is -1.00. The maximum absolute atomic E-state index is 10.7. The molecule has 1 unspecified atom stereocenters. The zero-order valence-corrected chi connectivity index (χ0v) is 10.1. The van der Waals surface area contributed by atoms with Gasteiger partial charge in [-0.2, -0.15) is 5.10 Å². The second-order valence-electron chi connectivity index (χ2n) is 4.16. The van der Waals surface area contributed by atoms with E-state index in [1.807, 2.05) is 36.4 Å². The maximum Gasteiger partial charge on any atom is 0.320 e. The molecule has 0 bridgehead atoms. The van der Waals surface area contributed by atoms with Crippen molar-refractivity contribution in [3.05, 3.63) is 42.1 Å². The highest BCUT2D eigenvalue weighted by Crippen LogP contribution is 2.18. The molecule has 1 aromatic carbocycles. The summed E-state index contributed by atoms with van der Waals surface area (Å²) < 4.78 is 1.67. The Kier molecular flexibility index (Phi) is 3.43. The molecule has 0 radical (unpaired) electrons. The van der Waals surface area contributed by atoms with Gasteiger partial charge in [0.1, 0.15) is 6.04 Å². The Balaban J connectivity index is 2.25. The molecular weight excluding hydrogens is 230 g/mol. The molecule has 0 aliphatic rings. The molecule has 1 atom stereocenters. The van der Waals surface area contributed by atoms with Crippen LogP contribution >= 0.6 is 0 Å². The average Bonchev–Trinajstić information content (AvgIpc) is 2.72. The number of carbonyl (C=O) groups is 1. The molecule has 0 amide bonds. The third kappa shape index (κ3) is 2.57. The number of carboxylic acids is 1. The van der Waals surface area contributed by atoms with Crippen molar-refractivity contribution in [2.24, 2.45) is 12.8 Å². The largest absolute Gasteiger partial charge is 0.480 e. The van der Waals surface area contributed by atoms with Crippen LogP contribution in [0, 0.1) is 0 Å². The Morgan fingerprint density at radius 3 is 2.72 bits per heavy atom. The zero-order chi connectivity index (χ0) is 13.1. The van der Waals surface area contributed by atoms with Crippen molar-refractivity contribution < 1.29 is 9.90 Å². The first-order valence-corrected chi connectivity index (χ1v) is 5.64. The lowest BCUT2D eigenvalue weighted by atomic mass is 10.1. The van der Waals surface area contributed by atoms with Crippen molar-refractivity contribution in [3.63, 3.8) is 0 Å². The highest BCUT2D eigenvalue weighted by atomic mass is 16.4. The number of rotatable bonds is 4. The fourth-order valence-corrected chi connectivity index (χ4v) is 1.76. The van der Waals surface area contributed by atoms with Crippen molar-refractivity contribution in [2.75, 3.05) is 0 Å². The predicted molar refractivity (Wildman–Crippen MR) is 68.0 cm³/mol. The lowest BCUT2D eigenvalue weighted by Crippen LogP contribution is -2.32. The smallest absolute Gasteiger partial charge is 0.320 e. The summed E-state index contributed by atoms with van der Waals surface area (Å²) in [5.74, 6) is -1.00. The van der Waals surface area contributed by atoms with Crippen molar-refractivity contribution in [2.45, 2.75) is 12.5 Å². The summed E-state index contributed by atoms with van der Waals surface area (Å²) in [6.45, 7) is 0. The van der Waals surface area contributed by atoms with Gasteiger partial charge < -0.3 is 10.8 Å². The lowest BCUT2D eigenvalue weighted by Gasteiger charge is -2.05. The van der Waals surface area contributed by atoms with Crippen molar-refractivity contribution in [1.82, 2.24) is 9.78 Å². The van der Waals surface area contributed by atoms with E-state index in [0.717, 1.165) is 17.0 Å². The molecule has 0 aliphatic carbocycles. The molecule has 2 rings (SSSR count). The SMILES string of the molecule is Cn1nc(-c2ccccc2)cc1CC(N)C(=O)O. The first kappa shape index (κ1) is 12.3. The quantitative estimate of drug-likeness (QED) is 0.843. The molecule has 94 valence electrons. The van der Waals surface area contributed by atoms with Crippen LogP contribution in [-0.4, -0.2) is 26.9 Å². The van der Waals surface area contributed by atoms with Crippen LogP contribution in [0.4, 0.5) is 0 Å². The van der Waals surface area contributed by atoms with E-state index in [-0.39, 0.29) is 6.42 Å². The number of nitrogens with zero attached hydrogens (tertiary/aromatic N) is 2. The van der Waals surface area contributed by atoms with Gasteiger partial charge in [0.25, 0.3) is 0 Å². The molecule has 1 aromatic heterocycles. The van der Waals surface area contributed by atoms with Crippen molar-refractivity contribution in [3.8, 4) is 11.3 Å². The number of aryl methyl sites for hydroxylation is 1. The Bertz CT molecular complexity index is 549. The zero-order valence-electron chi connectivity index (χ0n) is 10.1. The van der Waals surface area contributed by atoms with Crippen LogP contribution in [0.1, 0.15) is 5.69 Å². The second-order valence-corrected chi connectivity index (χ2v) is 4.16. The number of aliphatic carboxylic acids is 1. The van der Waals surface area contributed by atoms with Crippen LogP contribution in [0.25, 0.3) is 11.3 Å². The number of nitrogens with two attached hydrogens (primary N) is 1. The highest BCUT2D eigenvalue weighted by Gasteiger charge is 2.15. The minimum Gasteiger partial charge on any atom is -0.480 e. The maximum atomic E-state index is 10.7. The molecule has 3 N–H and O–H groups in total. The summed E-state index contributed by atoms with van der Waals surface area (Å²) in [5, 5.41) is 13.2. The van der Waals surface area contributed by atoms with Crippen LogP contribution in [-0.2, 0) is 18.3 Å². The number of carboxylic acid groups (broad SMARTS) is 1. The van der Waals surface area contributed by atoms with E-state index in [1.54, 1.807) is 11.7 Å². The fraction of sp³-hybridized carbons (Fsp3) is 0.231. The third-order valence-electron chi connectivity index (χ3n) is 2.79. The number of hydrogen-bond acceptors (Lipinski definition) is 3. The molecule has 18 heavy (non-hydrogen) atoms. The standard InChI is InChI=1S/C13H15N3O2/c1-16-10(7-11(14)13(17)18)8-12(15-16)9-5-3-2-4-6-9/h2-6,8,11H,7,14H2,1H3,(H,17,18). The predicted octanol–water partition coefficient (Wildman–Crippen LogP) is 1.04. The third-order valence-corrected chi connectivity index (χ3v) is 2.79. The van der Waals surface area contributed by atoms with E-state index in [4.69, 9.17) is 10.8 Å². The van der Waals surface area contributed by atoms with E-state index in [1.165, 1.54) is 0 Å². The van der Waals surface area contributed by atoms with Gasteiger partial charge in [-0.1, -0.05) is 30.3 Å². The topological polar surface area (TPSA) is 81.1 Å². The average molecular weight is 245 g/mol. The van der Waals surface area contributed by atoms with E-state index in [2.05, 4.69) is 5.10 Å². The van der Waals surface area contributed by atoms with Crippen LogP contribution in [0.3, 0.4) is 0 Å². The summed E-state index contributed by atoms with van der Waals surface area (Å²) >= 11 is 0. The van der Waals surface area contributed by atoms with Crippen LogP contribution in [0.2, 0.25) is 0 Å². The van der Waals surface area contributed by atoms with E-state index >= 15 is 0 Å². The summed E-state index contributed by atoms with van der Waals surface area (Å²) in [5.41, 5.74) is 8.16. The van der Waals surface area contributed by atoms with Crippen molar-refractivity contribution >= 4 is 5.97 Å². The summed E-state index contributed by atoms with van der Waals surface area (Å²) in [7, 11) is 1.79. The normalized spacial score (nSPS) is 12.3. The molecule has 0 spiro atoms. The van der Waals surface area contributed by atoms with E-state index in [9.17, 15) is 4.79 Å². The van der Waals surface area contributed by atoms with Gasteiger partial charge in [-0.05, 0) is 6.07 Å². The summed E-state index contributed by atoms with van der Waals surface area (Å²) in [4.78, 5) is 10.7. The van der Waals surface area contributed by atoms with Crippen LogP contribution < -0.4 is 5.73 Å². The number of benzene rings is 1. The number of hydrogen-bond donors (Lipinski definition) is 2. The Labute approximate surface area is 105 Å². The molecule has 5 heteroatoms. The lowest BCUT2D eigenvalue weighted by molar-refractivity contribution is -0.138. The second kappa shape index (κ2) is 5.01. The van der Waals surface area contributed by atoms with E-state index < -0.39 is 12.0 Å². The molecule has 2 aromatic rings. The van der Waals surface area contributed by atoms with Gasteiger partial charge in [0, 0.05) is 24.7 Å². The van der Waals surface area contributed by atoms with Gasteiger partial charge in [0.2, 0.25) is 0 Å². The van der Waals surface area contributed by atoms with Gasteiger partial charge >= 0.3 is 5.97 Å². The monoisotopic (exact) mass is 245 g/mol. The fourth-order valence-electron chi connectivity index (χ4n) is 1.76. The molecule has 0 fully saturated rings. The van der Waals surface area contributed by atoms with Gasteiger partial charge in [-0.3, -0.25) is 9.48 Å². The molecule has 0 aliphatic heterocycles. The van der Waals surface area contributed by atoms with Gasteiger partial charge in [0.15, 0.2) is 0 Å². The van der Waals surface area contributed by atoms with Crippen LogP contribution in [0.15, 0.2) is 36.4 Å². The molecule has 5 nitrogen and oxygen atoms in total. The van der Waals surface area contributed by atoms with Crippen LogP contribution in [0.5, 0.6) is 0 Å². The Morgan fingerprint density at radius 1 is 1.44 bits per heavy atom. The van der Waals surface area contributed by atoms with Gasteiger partial charge in [-0.25, -0.2) is 0 Å². The Morgan fingerprint density at radius 2 is 2.11 bits per heavy atom. The van der Waals surface area contributed by atoms with Gasteiger partial charge in [-0.15, -0.1) is 0 Å². The summed E-state index contributed by atoms with van der Waals surface area (Å²) in [6.07, 6.45) is 0.270. The first-order chi connectivity index (χ1) is 8.58. The first-order valence-electron chi connectivity index (χ1n) is 5.64. The van der Waals surface area contributed by atoms with E-state index in [0.29, 0.717) is 0 Å². The van der Waals surface area contributed by atoms with Gasteiger partial charge in [0.05, 0.1) is 5.69 Å². The molecule has 0 saturated heterocycles.